The molecule has 0 aliphatic rings. The van der Waals surface area contributed by atoms with Crippen LogP contribution in [0, 0.1) is 11.8 Å². The van der Waals surface area contributed by atoms with Crippen LogP contribution in [0.25, 0.3) is 0 Å². The summed E-state index contributed by atoms with van der Waals surface area (Å²) >= 11 is 0. The highest BCUT2D eigenvalue weighted by Gasteiger charge is 1.92. The van der Waals surface area contributed by atoms with Gasteiger partial charge in [0.05, 0.1) is 0 Å². The molecule has 0 N–H and O–H groups in total. The highest BCUT2D eigenvalue weighted by molar-refractivity contribution is 4.83. The van der Waals surface area contributed by atoms with Gasteiger partial charge in [-0.15, -0.1) is 0 Å². The van der Waals surface area contributed by atoms with E-state index in [4.69, 9.17) is 0 Å². The van der Waals surface area contributed by atoms with Crippen LogP contribution in [0.15, 0.2) is 12.2 Å². The number of hydrogen-bond donors (Lipinski definition) is 0. The van der Waals surface area contributed by atoms with Crippen molar-refractivity contribution in [2.75, 3.05) is 0 Å². The first-order valence-corrected chi connectivity index (χ1v) is 5.29. The minimum Gasteiger partial charge on any atom is -0.0883 e. The molecule has 0 atom stereocenters. The summed E-state index contributed by atoms with van der Waals surface area (Å²) in [5, 5.41) is 0. The van der Waals surface area contributed by atoms with Crippen molar-refractivity contribution in [3.63, 3.8) is 0 Å². The Bertz CT molecular complexity index is 109. The van der Waals surface area contributed by atoms with E-state index >= 15 is 0 Å². The van der Waals surface area contributed by atoms with Crippen molar-refractivity contribution in [3.05, 3.63) is 12.2 Å². The van der Waals surface area contributed by atoms with Crippen molar-refractivity contribution in [2.45, 2.75) is 53.4 Å². The molecular formula is C12H24. The molecule has 0 aromatic carbocycles. The predicted octanol–water partition coefficient (Wildman–Crippen LogP) is 4.42. The van der Waals surface area contributed by atoms with E-state index in [9.17, 15) is 0 Å². The van der Waals surface area contributed by atoms with Crippen LogP contribution >= 0.6 is 0 Å². The first-order valence-electron chi connectivity index (χ1n) is 5.29. The smallest absolute Gasteiger partial charge is 0.0290 e. The Balaban J connectivity index is 3.11. The second-order valence-corrected chi connectivity index (χ2v) is 4.35. The molecule has 0 aromatic heterocycles. The number of rotatable bonds is 6. The molecule has 0 saturated heterocycles. The van der Waals surface area contributed by atoms with Gasteiger partial charge in [0.25, 0.3) is 0 Å². The maximum atomic E-state index is 2.32. The second-order valence-electron chi connectivity index (χ2n) is 4.35. The van der Waals surface area contributed by atoms with Crippen LogP contribution in [-0.4, -0.2) is 0 Å². The highest BCUT2D eigenvalue weighted by atomic mass is 14.0. The van der Waals surface area contributed by atoms with E-state index in [1.807, 2.05) is 0 Å². The summed E-state index contributed by atoms with van der Waals surface area (Å²) in [7, 11) is 0. The lowest BCUT2D eigenvalue weighted by Crippen LogP contribution is -1.86. The van der Waals surface area contributed by atoms with Gasteiger partial charge in [0.2, 0.25) is 0 Å². The molecule has 12 heavy (non-hydrogen) atoms. The van der Waals surface area contributed by atoms with Gasteiger partial charge < -0.3 is 0 Å². The summed E-state index contributed by atoms with van der Waals surface area (Å²) in [6.07, 6.45) is 10.0. The molecule has 0 rings (SSSR count). The molecule has 0 unspecified atom stereocenters. The Morgan fingerprint density at radius 2 is 1.67 bits per heavy atom. The van der Waals surface area contributed by atoms with Gasteiger partial charge in [0.1, 0.15) is 0 Å². The molecule has 0 amide bonds. The average Bonchev–Trinajstić information content (AvgIpc) is 1.95. The van der Waals surface area contributed by atoms with Gasteiger partial charge in [-0.05, 0) is 24.7 Å². The quantitative estimate of drug-likeness (QED) is 0.407. The molecule has 0 heterocycles. The summed E-state index contributed by atoms with van der Waals surface area (Å²) in [5.74, 6) is 1.59. The molecule has 0 heteroatoms. The summed E-state index contributed by atoms with van der Waals surface area (Å²) in [6, 6.07) is 0. The molecule has 0 aromatic rings. The lowest BCUT2D eigenvalue weighted by atomic mass is 10.0. The lowest BCUT2D eigenvalue weighted by molar-refractivity contribution is 0.540. The van der Waals surface area contributed by atoms with E-state index in [1.165, 1.54) is 25.7 Å². The fourth-order valence-corrected chi connectivity index (χ4v) is 1.18. The largest absolute Gasteiger partial charge is 0.0883 e. The van der Waals surface area contributed by atoms with E-state index in [-0.39, 0.29) is 0 Å². The number of unbranched alkanes of at least 4 members (excludes halogenated alkanes) is 2. The molecular weight excluding hydrogens is 144 g/mol. The third-order valence-electron chi connectivity index (χ3n) is 1.92. The van der Waals surface area contributed by atoms with E-state index in [1.54, 1.807) is 0 Å². The van der Waals surface area contributed by atoms with Crippen LogP contribution in [0.4, 0.5) is 0 Å². The first-order chi connectivity index (χ1) is 5.63. The molecule has 72 valence electrons. The van der Waals surface area contributed by atoms with Crippen molar-refractivity contribution in [2.24, 2.45) is 11.8 Å². The zero-order chi connectivity index (χ0) is 9.40. The molecule has 0 aliphatic carbocycles. The van der Waals surface area contributed by atoms with Crippen LogP contribution < -0.4 is 0 Å². The van der Waals surface area contributed by atoms with Crippen molar-refractivity contribution < 1.29 is 0 Å². The maximum absolute atomic E-state index is 2.32. The van der Waals surface area contributed by atoms with Gasteiger partial charge in [-0.1, -0.05) is 52.7 Å². The van der Waals surface area contributed by atoms with Crippen molar-refractivity contribution in [1.82, 2.24) is 0 Å². The average molecular weight is 168 g/mol. The van der Waals surface area contributed by atoms with Crippen molar-refractivity contribution in [3.8, 4) is 0 Å². The summed E-state index contributed by atoms with van der Waals surface area (Å²) in [6.45, 7) is 9.04. The molecule has 0 saturated carbocycles. The molecule has 0 bridgehead atoms. The fourth-order valence-electron chi connectivity index (χ4n) is 1.18. The van der Waals surface area contributed by atoms with Gasteiger partial charge in [0.15, 0.2) is 0 Å². The van der Waals surface area contributed by atoms with E-state index < -0.39 is 0 Å². The number of allylic oxidation sites excluding steroid dienone is 2. The first kappa shape index (κ1) is 11.7. The van der Waals surface area contributed by atoms with Crippen LogP contribution in [0.5, 0.6) is 0 Å². The molecule has 0 spiro atoms. The zero-order valence-electron chi connectivity index (χ0n) is 9.14. The third kappa shape index (κ3) is 9.74. The van der Waals surface area contributed by atoms with Gasteiger partial charge in [-0.25, -0.2) is 0 Å². The Morgan fingerprint density at radius 1 is 1.00 bits per heavy atom. The van der Waals surface area contributed by atoms with Crippen LogP contribution in [-0.2, 0) is 0 Å². The monoisotopic (exact) mass is 168 g/mol. The normalized spacial score (nSPS) is 12.2. The van der Waals surface area contributed by atoms with Crippen LogP contribution in [0.3, 0.4) is 0 Å². The van der Waals surface area contributed by atoms with E-state index in [0.29, 0.717) is 0 Å². The maximum Gasteiger partial charge on any atom is -0.0290 e. The Kier molecular flexibility index (Phi) is 7.23. The Labute approximate surface area is 78.1 Å². The molecule has 0 nitrogen and oxygen atoms in total. The topological polar surface area (TPSA) is 0 Å². The molecule has 0 radical (unpaired) electrons. The predicted molar refractivity (Wildman–Crippen MR) is 57.3 cm³/mol. The minimum absolute atomic E-state index is 0.718. The van der Waals surface area contributed by atoms with Crippen molar-refractivity contribution >= 4 is 0 Å². The second kappa shape index (κ2) is 7.39. The van der Waals surface area contributed by atoms with E-state index in [2.05, 4.69) is 39.8 Å². The zero-order valence-corrected chi connectivity index (χ0v) is 9.14. The lowest BCUT2D eigenvalue weighted by Gasteiger charge is -2.01. The van der Waals surface area contributed by atoms with Gasteiger partial charge in [0, 0.05) is 0 Å². The van der Waals surface area contributed by atoms with E-state index in [0.717, 1.165) is 11.8 Å². The molecule has 0 fully saturated rings. The highest BCUT2D eigenvalue weighted by Crippen LogP contribution is 2.08. The summed E-state index contributed by atoms with van der Waals surface area (Å²) in [5.41, 5.74) is 0. The fraction of sp³-hybridized carbons (Fsp3) is 0.833. The van der Waals surface area contributed by atoms with Crippen LogP contribution in [0.2, 0.25) is 0 Å². The minimum atomic E-state index is 0.718. The van der Waals surface area contributed by atoms with Gasteiger partial charge in [-0.3, -0.25) is 0 Å². The summed E-state index contributed by atoms with van der Waals surface area (Å²) in [4.78, 5) is 0. The number of hydrogen-bond acceptors (Lipinski definition) is 0. The SMILES string of the molecule is CC(C)/C=C/CCCCC(C)C. The van der Waals surface area contributed by atoms with Crippen molar-refractivity contribution in [1.29, 1.82) is 0 Å². The standard InChI is InChI=1S/C12H24/c1-11(2)9-7-5-6-8-10-12(3)4/h7,9,11-12H,5-6,8,10H2,1-4H3/b9-7+. The summed E-state index contributed by atoms with van der Waals surface area (Å²) < 4.78 is 0. The third-order valence-corrected chi connectivity index (χ3v) is 1.92. The van der Waals surface area contributed by atoms with Gasteiger partial charge in [-0.2, -0.15) is 0 Å². The Hall–Kier alpha value is -0.260. The van der Waals surface area contributed by atoms with Gasteiger partial charge >= 0.3 is 0 Å². The van der Waals surface area contributed by atoms with Crippen LogP contribution in [0.1, 0.15) is 53.4 Å². The Morgan fingerprint density at radius 3 is 2.17 bits per heavy atom. The molecule has 0 aliphatic heterocycles.